The Morgan fingerprint density at radius 1 is 1.22 bits per heavy atom. The Kier molecular flexibility index (Phi) is 5.51. The normalized spacial score (nSPS) is 17.6. The van der Waals surface area contributed by atoms with Gasteiger partial charge in [0.15, 0.2) is 6.61 Å². The second-order valence-electron chi connectivity index (χ2n) is 5.91. The third-order valence-electron chi connectivity index (χ3n) is 4.00. The molecule has 2 rings (SSSR count). The summed E-state index contributed by atoms with van der Waals surface area (Å²) in [6.45, 7) is -1.27. The molecule has 23 heavy (non-hydrogen) atoms. The van der Waals surface area contributed by atoms with Crippen LogP contribution in [0, 0.1) is 0 Å². The SMILES string of the molecule is NC1(C(=O)NCc2ccccc2OCC(F)(F)F)CCCCC1. The van der Waals surface area contributed by atoms with Crippen molar-refractivity contribution in [2.75, 3.05) is 6.61 Å². The second-order valence-corrected chi connectivity index (χ2v) is 5.91. The summed E-state index contributed by atoms with van der Waals surface area (Å²) in [6.07, 6.45) is -0.249. The number of nitrogens with one attached hydrogen (secondary N) is 1. The number of para-hydroxylation sites is 1. The minimum Gasteiger partial charge on any atom is -0.484 e. The molecule has 128 valence electrons. The Labute approximate surface area is 133 Å². The highest BCUT2D eigenvalue weighted by Crippen LogP contribution is 2.27. The van der Waals surface area contributed by atoms with Crippen molar-refractivity contribution in [1.29, 1.82) is 0 Å². The highest BCUT2D eigenvalue weighted by molar-refractivity contribution is 5.86. The van der Waals surface area contributed by atoms with E-state index in [9.17, 15) is 18.0 Å². The van der Waals surface area contributed by atoms with Crippen LogP contribution in [0.4, 0.5) is 13.2 Å². The molecule has 0 spiro atoms. The van der Waals surface area contributed by atoms with Crippen LogP contribution >= 0.6 is 0 Å². The van der Waals surface area contributed by atoms with E-state index in [-0.39, 0.29) is 18.2 Å². The molecule has 0 saturated heterocycles. The van der Waals surface area contributed by atoms with Gasteiger partial charge in [0.05, 0.1) is 5.54 Å². The Morgan fingerprint density at radius 3 is 2.52 bits per heavy atom. The van der Waals surface area contributed by atoms with E-state index in [4.69, 9.17) is 10.5 Å². The molecule has 1 saturated carbocycles. The summed E-state index contributed by atoms with van der Waals surface area (Å²) in [5.74, 6) is -0.150. The van der Waals surface area contributed by atoms with Crippen LogP contribution in [0.1, 0.15) is 37.7 Å². The summed E-state index contributed by atoms with van der Waals surface area (Å²) in [4.78, 5) is 12.3. The standard InChI is InChI=1S/C16H21F3N2O2/c17-16(18,19)11-23-13-7-3-2-6-12(13)10-21-14(22)15(20)8-4-1-5-9-15/h2-3,6-7H,1,4-5,8-11,20H2,(H,21,22). The first-order valence-corrected chi connectivity index (χ1v) is 7.65. The number of benzene rings is 1. The van der Waals surface area contributed by atoms with Crippen molar-refractivity contribution in [2.24, 2.45) is 5.73 Å². The minimum absolute atomic E-state index is 0.0891. The van der Waals surface area contributed by atoms with Gasteiger partial charge in [-0.05, 0) is 18.9 Å². The lowest BCUT2D eigenvalue weighted by atomic mass is 9.82. The molecule has 0 unspecified atom stereocenters. The van der Waals surface area contributed by atoms with E-state index in [1.165, 1.54) is 6.07 Å². The number of amides is 1. The molecule has 3 N–H and O–H groups in total. The molecule has 0 bridgehead atoms. The van der Waals surface area contributed by atoms with Crippen molar-refractivity contribution in [3.63, 3.8) is 0 Å². The molecule has 1 fully saturated rings. The van der Waals surface area contributed by atoms with Gasteiger partial charge >= 0.3 is 6.18 Å². The first-order chi connectivity index (χ1) is 10.8. The van der Waals surface area contributed by atoms with Crippen molar-refractivity contribution in [3.05, 3.63) is 29.8 Å². The fraction of sp³-hybridized carbons (Fsp3) is 0.562. The number of carbonyl (C=O) groups excluding carboxylic acids is 1. The van der Waals surface area contributed by atoms with Gasteiger partial charge in [0.1, 0.15) is 5.75 Å². The van der Waals surface area contributed by atoms with E-state index in [0.717, 1.165) is 19.3 Å². The summed E-state index contributed by atoms with van der Waals surface area (Å²) < 4.78 is 41.6. The van der Waals surface area contributed by atoms with Gasteiger partial charge in [0, 0.05) is 12.1 Å². The van der Waals surface area contributed by atoms with Crippen LogP contribution in [-0.2, 0) is 11.3 Å². The van der Waals surface area contributed by atoms with E-state index in [1.54, 1.807) is 18.2 Å². The third kappa shape index (κ3) is 5.13. The molecule has 4 nitrogen and oxygen atoms in total. The summed E-state index contributed by atoms with van der Waals surface area (Å²) in [5, 5.41) is 2.72. The number of rotatable bonds is 5. The molecular formula is C16H21F3N2O2. The quantitative estimate of drug-likeness (QED) is 0.872. The largest absolute Gasteiger partial charge is 0.484 e. The fourth-order valence-corrected chi connectivity index (χ4v) is 2.71. The van der Waals surface area contributed by atoms with Gasteiger partial charge in [-0.15, -0.1) is 0 Å². The van der Waals surface area contributed by atoms with Crippen LogP contribution in [0.25, 0.3) is 0 Å². The summed E-state index contributed by atoms with van der Waals surface area (Å²) in [7, 11) is 0. The van der Waals surface area contributed by atoms with Crippen LogP contribution in [0.5, 0.6) is 5.75 Å². The summed E-state index contributed by atoms with van der Waals surface area (Å²) >= 11 is 0. The Morgan fingerprint density at radius 2 is 1.87 bits per heavy atom. The maximum Gasteiger partial charge on any atom is 0.422 e. The molecule has 1 aliphatic rings. The van der Waals surface area contributed by atoms with E-state index >= 15 is 0 Å². The number of hydrogen-bond acceptors (Lipinski definition) is 3. The Balaban J connectivity index is 1.96. The Hall–Kier alpha value is -1.76. The van der Waals surface area contributed by atoms with Crippen LogP contribution in [0.15, 0.2) is 24.3 Å². The molecule has 1 aliphatic carbocycles. The Bertz CT molecular complexity index is 540. The maximum atomic E-state index is 12.3. The summed E-state index contributed by atoms with van der Waals surface area (Å²) in [6, 6.07) is 6.34. The summed E-state index contributed by atoms with van der Waals surface area (Å²) in [5.41, 5.74) is 5.74. The van der Waals surface area contributed by atoms with Crippen molar-refractivity contribution < 1.29 is 22.7 Å². The predicted octanol–water partition coefficient (Wildman–Crippen LogP) is 2.91. The van der Waals surface area contributed by atoms with Crippen LogP contribution < -0.4 is 15.8 Å². The number of carbonyl (C=O) groups is 1. The first kappa shape index (κ1) is 17.6. The van der Waals surface area contributed by atoms with E-state index in [2.05, 4.69) is 5.32 Å². The minimum atomic E-state index is -4.40. The van der Waals surface area contributed by atoms with Gasteiger partial charge in [0.2, 0.25) is 5.91 Å². The van der Waals surface area contributed by atoms with E-state index in [0.29, 0.717) is 18.4 Å². The van der Waals surface area contributed by atoms with Crippen molar-refractivity contribution in [2.45, 2.75) is 50.4 Å². The smallest absolute Gasteiger partial charge is 0.422 e. The van der Waals surface area contributed by atoms with Crippen LogP contribution in [0.2, 0.25) is 0 Å². The monoisotopic (exact) mass is 330 g/mol. The zero-order valence-corrected chi connectivity index (χ0v) is 12.8. The molecule has 0 aromatic heterocycles. The van der Waals surface area contributed by atoms with Crippen molar-refractivity contribution >= 4 is 5.91 Å². The molecule has 0 atom stereocenters. The highest BCUT2D eigenvalue weighted by atomic mass is 19.4. The van der Waals surface area contributed by atoms with Gasteiger partial charge in [-0.3, -0.25) is 4.79 Å². The van der Waals surface area contributed by atoms with Crippen LogP contribution in [-0.4, -0.2) is 24.2 Å². The second kappa shape index (κ2) is 7.21. The van der Waals surface area contributed by atoms with Gasteiger partial charge in [-0.25, -0.2) is 0 Å². The zero-order chi connectivity index (χ0) is 16.9. The first-order valence-electron chi connectivity index (χ1n) is 7.65. The molecule has 0 radical (unpaired) electrons. The van der Waals surface area contributed by atoms with Crippen LogP contribution in [0.3, 0.4) is 0 Å². The lowest BCUT2D eigenvalue weighted by Crippen LogP contribution is -2.54. The van der Waals surface area contributed by atoms with Crippen molar-refractivity contribution in [3.8, 4) is 5.75 Å². The number of hydrogen-bond donors (Lipinski definition) is 2. The molecule has 0 heterocycles. The molecule has 7 heteroatoms. The lowest BCUT2D eigenvalue weighted by Gasteiger charge is -2.31. The van der Waals surface area contributed by atoms with Gasteiger partial charge in [-0.2, -0.15) is 13.2 Å². The number of alkyl halides is 3. The molecule has 1 amide bonds. The highest BCUT2D eigenvalue weighted by Gasteiger charge is 2.35. The van der Waals surface area contributed by atoms with Gasteiger partial charge < -0.3 is 15.8 Å². The number of nitrogens with two attached hydrogens (primary N) is 1. The molecule has 1 aromatic rings. The molecular weight excluding hydrogens is 309 g/mol. The molecule has 0 aliphatic heterocycles. The number of ether oxygens (including phenoxy) is 1. The van der Waals surface area contributed by atoms with E-state index < -0.39 is 18.3 Å². The predicted molar refractivity (Wildman–Crippen MR) is 79.8 cm³/mol. The van der Waals surface area contributed by atoms with Gasteiger partial charge in [0.25, 0.3) is 0 Å². The zero-order valence-electron chi connectivity index (χ0n) is 12.8. The third-order valence-corrected chi connectivity index (χ3v) is 4.00. The fourth-order valence-electron chi connectivity index (χ4n) is 2.71. The van der Waals surface area contributed by atoms with Crippen molar-refractivity contribution in [1.82, 2.24) is 5.32 Å². The average molecular weight is 330 g/mol. The topological polar surface area (TPSA) is 64.4 Å². The lowest BCUT2D eigenvalue weighted by molar-refractivity contribution is -0.153. The molecule has 1 aromatic carbocycles. The number of halogens is 3. The average Bonchev–Trinajstić information content (AvgIpc) is 2.51. The maximum absolute atomic E-state index is 12.3. The van der Waals surface area contributed by atoms with E-state index in [1.807, 2.05) is 0 Å². The van der Waals surface area contributed by atoms with Gasteiger partial charge in [-0.1, -0.05) is 37.5 Å².